The number of hydrogen-bond acceptors (Lipinski definition) is 0. The SMILES string of the molecule is C[C]1C(C)=C(Cl)C(C(C)(C)C)=C1C. The van der Waals surface area contributed by atoms with Crippen molar-refractivity contribution in [1.29, 1.82) is 0 Å². The van der Waals surface area contributed by atoms with Gasteiger partial charge >= 0.3 is 0 Å². The van der Waals surface area contributed by atoms with Crippen LogP contribution in [0.3, 0.4) is 0 Å². The average Bonchev–Trinajstić information content (AvgIpc) is 2.14. The van der Waals surface area contributed by atoms with E-state index in [-0.39, 0.29) is 5.41 Å². The van der Waals surface area contributed by atoms with Gasteiger partial charge in [-0.3, -0.25) is 0 Å². The zero-order valence-corrected chi connectivity index (χ0v) is 10.1. The molecule has 0 heterocycles. The van der Waals surface area contributed by atoms with Crippen molar-refractivity contribution in [3.63, 3.8) is 0 Å². The lowest BCUT2D eigenvalue weighted by Crippen LogP contribution is -2.10. The van der Waals surface area contributed by atoms with Crippen LogP contribution in [0, 0.1) is 11.3 Å². The summed E-state index contributed by atoms with van der Waals surface area (Å²) in [7, 11) is 0. The van der Waals surface area contributed by atoms with Crippen LogP contribution in [0.25, 0.3) is 0 Å². The molecular formula is C12H18Cl. The largest absolute Gasteiger partial charge is 0.0840 e. The number of allylic oxidation sites excluding steroid dienone is 4. The molecule has 0 amide bonds. The molecule has 1 aliphatic carbocycles. The van der Waals surface area contributed by atoms with E-state index < -0.39 is 0 Å². The minimum absolute atomic E-state index is 0.153. The van der Waals surface area contributed by atoms with Crippen LogP contribution in [0.2, 0.25) is 0 Å². The standard InChI is InChI=1S/C12H18Cl/c1-7-8(2)10(12(4,5)6)11(13)9(7)3/h1-6H3. The minimum Gasteiger partial charge on any atom is -0.0840 e. The third kappa shape index (κ3) is 1.69. The Bertz CT molecular complexity index is 287. The van der Waals surface area contributed by atoms with Gasteiger partial charge in [0.25, 0.3) is 0 Å². The first-order valence-corrected chi connectivity index (χ1v) is 5.07. The highest BCUT2D eigenvalue weighted by atomic mass is 35.5. The number of hydrogen-bond donors (Lipinski definition) is 0. The number of rotatable bonds is 0. The van der Waals surface area contributed by atoms with E-state index in [0.717, 1.165) is 5.03 Å². The molecule has 0 saturated carbocycles. The summed E-state index contributed by atoms with van der Waals surface area (Å²) < 4.78 is 0. The zero-order chi connectivity index (χ0) is 10.4. The molecule has 0 aromatic rings. The predicted molar refractivity (Wildman–Crippen MR) is 59.6 cm³/mol. The first-order valence-electron chi connectivity index (χ1n) is 4.69. The van der Waals surface area contributed by atoms with E-state index in [1.165, 1.54) is 22.6 Å². The van der Waals surface area contributed by atoms with E-state index in [0.29, 0.717) is 0 Å². The molecule has 0 fully saturated rings. The highest BCUT2D eigenvalue weighted by Gasteiger charge is 2.31. The molecule has 1 heteroatoms. The van der Waals surface area contributed by atoms with E-state index in [1.807, 2.05) is 0 Å². The Hall–Kier alpha value is -0.230. The fraction of sp³-hybridized carbons (Fsp3) is 0.583. The van der Waals surface area contributed by atoms with Crippen LogP contribution in [0.1, 0.15) is 41.5 Å². The summed E-state index contributed by atoms with van der Waals surface area (Å²) in [4.78, 5) is 0. The molecular weight excluding hydrogens is 180 g/mol. The van der Waals surface area contributed by atoms with Crippen molar-refractivity contribution in [3.8, 4) is 0 Å². The van der Waals surface area contributed by atoms with Crippen molar-refractivity contribution in [2.24, 2.45) is 5.41 Å². The normalized spacial score (nSPS) is 20.5. The van der Waals surface area contributed by atoms with Crippen molar-refractivity contribution >= 4 is 11.6 Å². The second-order valence-electron chi connectivity index (χ2n) is 4.81. The molecule has 0 atom stereocenters. The van der Waals surface area contributed by atoms with Gasteiger partial charge in [-0.25, -0.2) is 0 Å². The average molecular weight is 198 g/mol. The minimum atomic E-state index is 0.153. The fourth-order valence-electron chi connectivity index (χ4n) is 1.88. The summed E-state index contributed by atoms with van der Waals surface area (Å²) in [5, 5.41) is 0.961. The van der Waals surface area contributed by atoms with Gasteiger partial charge in [0.05, 0.1) is 0 Å². The lowest BCUT2D eigenvalue weighted by Gasteiger charge is -2.22. The third-order valence-corrected chi connectivity index (χ3v) is 3.27. The third-order valence-electron chi connectivity index (χ3n) is 2.80. The maximum Gasteiger partial charge on any atom is 0.0441 e. The highest BCUT2D eigenvalue weighted by molar-refractivity contribution is 6.33. The molecule has 0 aromatic heterocycles. The molecule has 13 heavy (non-hydrogen) atoms. The van der Waals surface area contributed by atoms with Gasteiger partial charge in [0, 0.05) is 11.0 Å². The Morgan fingerprint density at radius 3 is 1.54 bits per heavy atom. The van der Waals surface area contributed by atoms with Crippen molar-refractivity contribution in [3.05, 3.63) is 27.7 Å². The van der Waals surface area contributed by atoms with Crippen LogP contribution in [-0.2, 0) is 0 Å². The van der Waals surface area contributed by atoms with E-state index >= 15 is 0 Å². The van der Waals surface area contributed by atoms with Crippen LogP contribution in [0.5, 0.6) is 0 Å². The number of halogens is 1. The fourth-order valence-corrected chi connectivity index (χ4v) is 2.44. The molecule has 0 aliphatic heterocycles. The topological polar surface area (TPSA) is 0 Å². The first kappa shape index (κ1) is 10.8. The molecule has 1 rings (SSSR count). The second-order valence-corrected chi connectivity index (χ2v) is 5.19. The molecule has 0 spiro atoms. The molecule has 0 nitrogen and oxygen atoms in total. The summed E-state index contributed by atoms with van der Waals surface area (Å²) in [6, 6.07) is 0. The predicted octanol–water partition coefficient (Wildman–Crippen LogP) is 4.47. The molecule has 73 valence electrons. The maximum atomic E-state index is 6.30. The molecule has 0 unspecified atom stereocenters. The van der Waals surface area contributed by atoms with E-state index in [1.54, 1.807) is 0 Å². The quantitative estimate of drug-likeness (QED) is 0.538. The van der Waals surface area contributed by atoms with Crippen LogP contribution in [0.15, 0.2) is 21.8 Å². The Kier molecular flexibility index (Phi) is 2.64. The lowest BCUT2D eigenvalue weighted by atomic mass is 9.84. The molecule has 0 bridgehead atoms. The van der Waals surface area contributed by atoms with E-state index in [9.17, 15) is 0 Å². The zero-order valence-electron chi connectivity index (χ0n) is 9.38. The van der Waals surface area contributed by atoms with Crippen LogP contribution < -0.4 is 0 Å². The molecule has 1 radical (unpaired) electrons. The summed E-state index contributed by atoms with van der Waals surface area (Å²) >= 11 is 6.30. The van der Waals surface area contributed by atoms with Crippen molar-refractivity contribution in [1.82, 2.24) is 0 Å². The van der Waals surface area contributed by atoms with E-state index in [4.69, 9.17) is 11.6 Å². The van der Waals surface area contributed by atoms with Crippen molar-refractivity contribution < 1.29 is 0 Å². The van der Waals surface area contributed by atoms with Gasteiger partial charge in [0.15, 0.2) is 0 Å². The Morgan fingerprint density at radius 1 is 0.923 bits per heavy atom. The maximum absolute atomic E-state index is 6.30. The van der Waals surface area contributed by atoms with E-state index in [2.05, 4.69) is 41.5 Å². The molecule has 0 aromatic carbocycles. The van der Waals surface area contributed by atoms with Crippen molar-refractivity contribution in [2.45, 2.75) is 41.5 Å². The first-order chi connectivity index (χ1) is 5.76. The summed E-state index contributed by atoms with van der Waals surface area (Å²) in [5.41, 5.74) is 4.06. The van der Waals surface area contributed by atoms with Gasteiger partial charge in [-0.15, -0.1) is 0 Å². The smallest absolute Gasteiger partial charge is 0.0441 e. The van der Waals surface area contributed by atoms with Crippen LogP contribution in [0.4, 0.5) is 0 Å². The van der Waals surface area contributed by atoms with Gasteiger partial charge in [0.2, 0.25) is 0 Å². The van der Waals surface area contributed by atoms with Gasteiger partial charge in [0.1, 0.15) is 0 Å². The molecule has 0 saturated heterocycles. The summed E-state index contributed by atoms with van der Waals surface area (Å²) in [5.74, 6) is 1.34. The van der Waals surface area contributed by atoms with Gasteiger partial charge in [-0.2, -0.15) is 0 Å². The summed E-state index contributed by atoms with van der Waals surface area (Å²) in [6.07, 6.45) is 0. The van der Waals surface area contributed by atoms with Gasteiger partial charge in [-0.05, 0) is 30.4 Å². The van der Waals surface area contributed by atoms with Crippen LogP contribution in [-0.4, -0.2) is 0 Å². The second kappa shape index (κ2) is 3.16. The lowest BCUT2D eigenvalue weighted by molar-refractivity contribution is 0.512. The molecule has 0 N–H and O–H groups in total. The van der Waals surface area contributed by atoms with Crippen LogP contribution >= 0.6 is 11.6 Å². The van der Waals surface area contributed by atoms with Gasteiger partial charge < -0.3 is 0 Å². The monoisotopic (exact) mass is 197 g/mol. The Balaban J connectivity index is 3.24. The summed E-state index contributed by atoms with van der Waals surface area (Å²) in [6.45, 7) is 13.0. The Morgan fingerprint density at radius 2 is 1.38 bits per heavy atom. The molecule has 1 aliphatic rings. The van der Waals surface area contributed by atoms with Gasteiger partial charge in [-0.1, -0.05) is 44.9 Å². The van der Waals surface area contributed by atoms with Crippen molar-refractivity contribution in [2.75, 3.05) is 0 Å². The Labute approximate surface area is 86.7 Å². The highest BCUT2D eigenvalue weighted by Crippen LogP contribution is 2.47.